The third-order valence-electron chi connectivity index (χ3n) is 7.05. The number of ether oxygens (including phenoxy) is 2. The summed E-state index contributed by atoms with van der Waals surface area (Å²) in [6.45, 7) is 12.4. The SMILES string of the molecule is C[NH2+]N(/C=C(\N)C(=O)NCCN1CCOCC1)c1cc(C(=O)Nc2cc(C(C)(C)C)cc(N[S+](C)O)c2OC)ccc1C. The number of rotatable bonds is 12. The minimum Gasteiger partial charge on any atom is -0.492 e. The van der Waals surface area contributed by atoms with Crippen molar-refractivity contribution in [2.75, 3.05) is 74.9 Å². The number of hydrogen-bond donors (Lipinski definition) is 6. The van der Waals surface area contributed by atoms with Gasteiger partial charge in [0.25, 0.3) is 23.2 Å². The summed E-state index contributed by atoms with van der Waals surface area (Å²) in [7, 11) is 3.35. The molecule has 13 heteroatoms. The fourth-order valence-electron chi connectivity index (χ4n) is 4.58. The van der Waals surface area contributed by atoms with Crippen LogP contribution in [0.25, 0.3) is 0 Å². The van der Waals surface area contributed by atoms with Gasteiger partial charge in [-0.25, -0.2) is 10.4 Å². The first-order valence-electron chi connectivity index (χ1n) is 14.2. The molecule has 236 valence electrons. The molecule has 0 radical (unpaired) electrons. The van der Waals surface area contributed by atoms with E-state index < -0.39 is 11.4 Å². The molecule has 0 saturated carbocycles. The lowest BCUT2D eigenvalue weighted by molar-refractivity contribution is -0.632. The predicted molar refractivity (Wildman–Crippen MR) is 173 cm³/mol. The van der Waals surface area contributed by atoms with Crippen molar-refractivity contribution < 1.29 is 29.0 Å². The number of carbonyl (C=O) groups is 2. The van der Waals surface area contributed by atoms with E-state index >= 15 is 0 Å². The van der Waals surface area contributed by atoms with Crippen molar-refractivity contribution in [3.8, 4) is 5.75 Å². The maximum Gasteiger partial charge on any atom is 0.268 e. The van der Waals surface area contributed by atoms with Crippen molar-refractivity contribution in [2.24, 2.45) is 5.73 Å². The summed E-state index contributed by atoms with van der Waals surface area (Å²) >= 11 is -1.10. The quantitative estimate of drug-likeness (QED) is 0.0904. The number of methoxy groups -OCH3 is 1. The highest BCUT2D eigenvalue weighted by molar-refractivity contribution is 7.92. The van der Waals surface area contributed by atoms with Gasteiger partial charge in [-0.3, -0.25) is 14.5 Å². The average Bonchev–Trinajstić information content (AvgIpc) is 2.95. The molecule has 1 aliphatic heterocycles. The van der Waals surface area contributed by atoms with Crippen molar-refractivity contribution >= 4 is 40.2 Å². The van der Waals surface area contributed by atoms with Crippen molar-refractivity contribution in [1.82, 2.24) is 10.2 Å². The van der Waals surface area contributed by atoms with E-state index in [1.807, 2.05) is 32.2 Å². The zero-order valence-electron chi connectivity index (χ0n) is 26.2. The van der Waals surface area contributed by atoms with E-state index in [1.54, 1.807) is 35.0 Å². The molecule has 2 amide bonds. The van der Waals surface area contributed by atoms with Crippen molar-refractivity contribution in [3.63, 3.8) is 0 Å². The number of anilines is 3. The highest BCUT2D eigenvalue weighted by atomic mass is 32.2. The molecule has 1 aliphatic rings. The van der Waals surface area contributed by atoms with Crippen LogP contribution in [0, 0.1) is 6.92 Å². The molecule has 0 spiro atoms. The molecule has 1 unspecified atom stereocenters. The maximum absolute atomic E-state index is 13.6. The van der Waals surface area contributed by atoms with Gasteiger partial charge in [-0.15, -0.1) is 0 Å². The smallest absolute Gasteiger partial charge is 0.268 e. The van der Waals surface area contributed by atoms with E-state index in [-0.39, 0.29) is 22.9 Å². The summed E-state index contributed by atoms with van der Waals surface area (Å²) in [6, 6.07) is 9.14. The number of nitrogens with two attached hydrogens (primary N) is 2. The van der Waals surface area contributed by atoms with Gasteiger partial charge in [0.15, 0.2) is 12.0 Å². The van der Waals surface area contributed by atoms with Gasteiger partial charge >= 0.3 is 0 Å². The summed E-state index contributed by atoms with van der Waals surface area (Å²) in [6.07, 6.45) is 3.20. The Bertz CT molecular complexity index is 1310. The fraction of sp³-hybridized carbons (Fsp3) is 0.467. The lowest BCUT2D eigenvalue weighted by Crippen LogP contribution is -2.90. The Morgan fingerprint density at radius 1 is 1.21 bits per heavy atom. The van der Waals surface area contributed by atoms with Crippen LogP contribution in [0.15, 0.2) is 42.2 Å². The summed E-state index contributed by atoms with van der Waals surface area (Å²) < 4.78 is 24.0. The predicted octanol–water partition coefficient (Wildman–Crippen LogP) is 1.76. The van der Waals surface area contributed by atoms with Crippen LogP contribution in [-0.2, 0) is 26.3 Å². The number of carbonyl (C=O) groups excluding carboxylic acids is 2. The molecule has 1 heterocycles. The van der Waals surface area contributed by atoms with Crippen LogP contribution < -0.4 is 36.3 Å². The maximum atomic E-state index is 13.6. The average molecular weight is 618 g/mol. The summed E-state index contributed by atoms with van der Waals surface area (Å²) in [5.74, 6) is -0.287. The molecule has 1 saturated heterocycles. The van der Waals surface area contributed by atoms with Gasteiger partial charge in [-0.2, -0.15) is 9.27 Å². The number of benzene rings is 2. The molecule has 8 N–H and O–H groups in total. The summed E-state index contributed by atoms with van der Waals surface area (Å²) in [5, 5.41) is 7.59. The standard InChI is InChI=1S/C30H45N7O5S/c1-20-8-9-21(28(38)34-24-17-22(30(2,3)4)18-25(27(24)41-6)35-43(7)40)16-26(20)37(32-5)19-23(31)29(39)33-10-11-36-12-14-42-15-13-36/h8-9,16-19,32,35,40H,10-15,31H2,1-7H3,(H-,33,34,38,39)/p+2/b23-19-. The van der Waals surface area contributed by atoms with E-state index in [4.69, 9.17) is 15.2 Å². The Balaban J connectivity index is 1.81. The highest BCUT2D eigenvalue weighted by Gasteiger charge is 2.24. The first-order chi connectivity index (χ1) is 20.3. The minimum absolute atomic E-state index is 0.0527. The van der Waals surface area contributed by atoms with Crippen molar-refractivity contribution in [3.05, 3.63) is 58.9 Å². The molecule has 12 nitrogen and oxygen atoms in total. The third kappa shape index (κ3) is 9.50. The van der Waals surface area contributed by atoms with Crippen LogP contribution in [0.1, 0.15) is 42.3 Å². The molecule has 1 atom stereocenters. The van der Waals surface area contributed by atoms with Gasteiger partial charge in [0.05, 0.1) is 44.9 Å². The number of hydrogen-bond acceptors (Lipinski definition) is 9. The first kappa shape index (κ1) is 34.0. The highest BCUT2D eigenvalue weighted by Crippen LogP contribution is 2.39. The number of morpholine rings is 1. The fourth-order valence-corrected chi connectivity index (χ4v) is 5.05. The number of aryl methyl sites for hydroxylation is 1. The first-order valence-corrected chi connectivity index (χ1v) is 15.8. The number of amides is 2. The van der Waals surface area contributed by atoms with Gasteiger partial charge in [0.1, 0.15) is 11.4 Å². The third-order valence-corrected chi connectivity index (χ3v) is 7.57. The molecular formula is C30H47N7O5S+2. The Morgan fingerprint density at radius 2 is 1.88 bits per heavy atom. The molecule has 0 bridgehead atoms. The van der Waals surface area contributed by atoms with Gasteiger partial charge in [0.2, 0.25) is 0 Å². The van der Waals surface area contributed by atoms with Crippen LogP contribution in [0.3, 0.4) is 0 Å². The lowest BCUT2D eigenvalue weighted by Gasteiger charge is -2.26. The number of nitrogens with zero attached hydrogens (tertiary/aromatic N) is 2. The Morgan fingerprint density at radius 3 is 2.49 bits per heavy atom. The molecular weight excluding hydrogens is 570 g/mol. The molecule has 43 heavy (non-hydrogen) atoms. The number of nitrogens with one attached hydrogen (secondary N) is 3. The van der Waals surface area contributed by atoms with Crippen LogP contribution in [0.2, 0.25) is 0 Å². The second kappa shape index (κ2) is 15.3. The van der Waals surface area contributed by atoms with E-state index in [9.17, 15) is 14.1 Å². The van der Waals surface area contributed by atoms with Crippen LogP contribution in [0.4, 0.5) is 17.1 Å². The molecule has 3 rings (SSSR count). The Kier molecular flexibility index (Phi) is 12.1. The van der Waals surface area contributed by atoms with Gasteiger partial charge < -0.3 is 25.8 Å². The summed E-state index contributed by atoms with van der Waals surface area (Å²) in [5.41, 5.74) is 11.8. The zero-order valence-corrected chi connectivity index (χ0v) is 27.1. The van der Waals surface area contributed by atoms with Crippen molar-refractivity contribution in [1.29, 1.82) is 0 Å². The van der Waals surface area contributed by atoms with Gasteiger partial charge in [-0.05, 0) is 47.7 Å². The van der Waals surface area contributed by atoms with E-state index in [0.717, 1.165) is 30.8 Å². The minimum atomic E-state index is -1.10. The van der Waals surface area contributed by atoms with Crippen LogP contribution >= 0.6 is 0 Å². The monoisotopic (exact) mass is 617 g/mol. The second-order valence-electron chi connectivity index (χ2n) is 11.3. The van der Waals surface area contributed by atoms with Gasteiger partial charge in [0, 0.05) is 31.7 Å². The lowest BCUT2D eigenvalue weighted by atomic mass is 9.86. The van der Waals surface area contributed by atoms with Gasteiger partial charge in [-0.1, -0.05) is 26.8 Å². The van der Waals surface area contributed by atoms with E-state index in [2.05, 4.69) is 41.0 Å². The molecule has 2 aromatic rings. The largest absolute Gasteiger partial charge is 0.492 e. The second-order valence-corrected chi connectivity index (χ2v) is 12.5. The molecule has 0 aliphatic carbocycles. The van der Waals surface area contributed by atoms with E-state index in [1.165, 1.54) is 7.11 Å². The van der Waals surface area contributed by atoms with Crippen LogP contribution in [0.5, 0.6) is 5.75 Å². The molecule has 0 aromatic heterocycles. The Hall–Kier alpha value is -3.49. The van der Waals surface area contributed by atoms with Crippen molar-refractivity contribution in [2.45, 2.75) is 33.1 Å². The van der Waals surface area contributed by atoms with E-state index in [0.29, 0.717) is 48.1 Å². The normalized spacial score (nSPS) is 15.0. The Labute approximate surface area is 257 Å². The van der Waals surface area contributed by atoms with Crippen LogP contribution in [-0.4, -0.2) is 81.1 Å². The summed E-state index contributed by atoms with van der Waals surface area (Å²) in [4.78, 5) is 28.5. The molecule has 2 aromatic carbocycles. The number of quaternary nitrogens is 1. The molecule has 1 fully saturated rings. The zero-order chi connectivity index (χ0) is 31.7. The topological polar surface area (TPSA) is 158 Å².